The molecular weight excluding hydrogens is 618 g/mol. The number of sulfone groups is 1. The number of hydrogen-bond donors (Lipinski definition) is 2. The van der Waals surface area contributed by atoms with Gasteiger partial charge in [0.15, 0.2) is 0 Å². The van der Waals surface area contributed by atoms with Crippen molar-refractivity contribution < 1.29 is 31.4 Å². The third-order valence-corrected chi connectivity index (χ3v) is 9.54. The van der Waals surface area contributed by atoms with Crippen LogP contribution in [0.3, 0.4) is 0 Å². The van der Waals surface area contributed by atoms with Gasteiger partial charge in [-0.25, -0.2) is 22.2 Å². The fourth-order valence-corrected chi connectivity index (χ4v) is 6.78. The number of hydrogen-bond acceptors (Lipinski definition) is 10. The van der Waals surface area contributed by atoms with Crippen LogP contribution in [0, 0.1) is 17.6 Å². The predicted molar refractivity (Wildman–Crippen MR) is 169 cm³/mol. The van der Waals surface area contributed by atoms with Crippen LogP contribution in [0.5, 0.6) is 5.75 Å². The van der Waals surface area contributed by atoms with Gasteiger partial charge >= 0.3 is 0 Å². The van der Waals surface area contributed by atoms with E-state index in [2.05, 4.69) is 27.3 Å². The van der Waals surface area contributed by atoms with Crippen molar-refractivity contribution in [1.29, 1.82) is 0 Å². The van der Waals surface area contributed by atoms with Crippen LogP contribution in [0.2, 0.25) is 0 Å². The lowest BCUT2D eigenvalue weighted by molar-refractivity contribution is -0.0152. The molecule has 1 aliphatic carbocycles. The Balaban J connectivity index is 1.21. The Morgan fingerprint density at radius 3 is 2.59 bits per heavy atom. The summed E-state index contributed by atoms with van der Waals surface area (Å²) < 4.78 is 72.3. The number of rotatable bonds is 10. The maximum absolute atomic E-state index is 15.3. The highest BCUT2D eigenvalue weighted by Crippen LogP contribution is 2.40. The van der Waals surface area contributed by atoms with Crippen molar-refractivity contribution in [3.8, 4) is 17.0 Å². The minimum absolute atomic E-state index is 0.0472. The van der Waals surface area contributed by atoms with E-state index in [4.69, 9.17) is 19.9 Å². The number of pyridine rings is 1. The number of aromatic nitrogens is 4. The summed E-state index contributed by atoms with van der Waals surface area (Å²) in [4.78, 5) is 8.79. The Labute approximate surface area is 266 Å². The molecule has 0 bridgehead atoms. The van der Waals surface area contributed by atoms with Gasteiger partial charge < -0.3 is 25.3 Å². The number of nitrogens with two attached hydrogens (primary N) is 1. The second kappa shape index (κ2) is 13.6. The summed E-state index contributed by atoms with van der Waals surface area (Å²) in [5, 5.41) is 7.86. The topological polar surface area (TPSA) is 143 Å². The molecule has 0 amide bonds. The summed E-state index contributed by atoms with van der Waals surface area (Å²) in [6.07, 6.45) is 8.53. The fraction of sp³-hybridized carbons (Fsp3) is 0.469. The van der Waals surface area contributed by atoms with E-state index >= 15 is 8.78 Å². The molecule has 4 heterocycles. The molecule has 0 unspecified atom stereocenters. The molecule has 3 N–H and O–H groups in total. The van der Waals surface area contributed by atoms with Crippen molar-refractivity contribution >= 4 is 27.0 Å². The molecule has 4 aromatic rings. The molecule has 1 saturated heterocycles. The lowest BCUT2D eigenvalue weighted by Crippen LogP contribution is -2.47. The summed E-state index contributed by atoms with van der Waals surface area (Å²) >= 11 is 0. The summed E-state index contributed by atoms with van der Waals surface area (Å²) in [6.45, 7) is 3.27. The van der Waals surface area contributed by atoms with E-state index in [-0.39, 0.29) is 59.5 Å². The second-order valence-electron chi connectivity index (χ2n) is 12.2. The number of halogens is 2. The van der Waals surface area contributed by atoms with Crippen molar-refractivity contribution in [3.05, 3.63) is 66.1 Å². The quantitative estimate of drug-likeness (QED) is 0.248. The lowest BCUT2D eigenvalue weighted by atomic mass is 9.74. The average Bonchev–Trinajstić information content (AvgIpc) is 3.40. The summed E-state index contributed by atoms with van der Waals surface area (Å²) in [6, 6.07) is 7.26. The van der Waals surface area contributed by atoms with Crippen molar-refractivity contribution in [2.24, 2.45) is 11.7 Å². The van der Waals surface area contributed by atoms with Gasteiger partial charge in [-0.15, -0.1) is 0 Å². The SMILES string of the molecule is C[C@H]1C[C@@H](c2ccncc2Nc2ncc3ccc(-c4c(F)cc(OC5CCOCC5)cc4F)nn23)C[C@@H](N)[C@H]1OCCS(C)(=O)=O. The Bertz CT molecular complexity index is 1760. The van der Waals surface area contributed by atoms with E-state index in [0.717, 1.165) is 12.0 Å². The second-order valence-corrected chi connectivity index (χ2v) is 14.5. The summed E-state index contributed by atoms with van der Waals surface area (Å²) in [5.41, 5.74) is 8.70. The van der Waals surface area contributed by atoms with Gasteiger partial charge in [0.25, 0.3) is 0 Å². The molecule has 246 valence electrons. The van der Waals surface area contributed by atoms with E-state index in [1.165, 1.54) is 22.9 Å². The Hall–Kier alpha value is -3.72. The fourth-order valence-electron chi connectivity index (χ4n) is 6.38. The largest absolute Gasteiger partial charge is 0.490 e. The molecule has 14 heteroatoms. The zero-order valence-electron chi connectivity index (χ0n) is 25.7. The van der Waals surface area contributed by atoms with Gasteiger partial charge in [-0.3, -0.25) is 4.98 Å². The minimum Gasteiger partial charge on any atom is -0.490 e. The monoisotopic (exact) mass is 656 g/mol. The first kappa shape index (κ1) is 32.2. The highest BCUT2D eigenvalue weighted by atomic mass is 32.2. The molecule has 4 atom stereocenters. The normalized spacial score (nSPS) is 22.6. The zero-order valence-corrected chi connectivity index (χ0v) is 26.6. The first-order valence-corrected chi connectivity index (χ1v) is 17.5. The summed E-state index contributed by atoms with van der Waals surface area (Å²) in [7, 11) is -3.13. The number of anilines is 2. The van der Waals surface area contributed by atoms with Crippen LogP contribution in [0.1, 0.15) is 44.1 Å². The van der Waals surface area contributed by atoms with E-state index < -0.39 is 21.5 Å². The van der Waals surface area contributed by atoms with Gasteiger partial charge in [-0.2, -0.15) is 9.61 Å². The van der Waals surface area contributed by atoms with Gasteiger partial charge in [0.05, 0.1) is 66.5 Å². The van der Waals surface area contributed by atoms with E-state index in [1.54, 1.807) is 30.7 Å². The smallest absolute Gasteiger partial charge is 0.229 e. The number of fused-ring (bicyclic) bond motifs is 1. The number of ether oxygens (including phenoxy) is 3. The Kier molecular flexibility index (Phi) is 9.50. The molecule has 0 spiro atoms. The number of benzene rings is 1. The van der Waals surface area contributed by atoms with Crippen LogP contribution >= 0.6 is 0 Å². The van der Waals surface area contributed by atoms with Gasteiger partial charge in [-0.05, 0) is 48.4 Å². The van der Waals surface area contributed by atoms with Crippen LogP contribution in [-0.2, 0) is 19.3 Å². The molecular formula is C32H38F2N6O5S. The zero-order chi connectivity index (χ0) is 32.4. The van der Waals surface area contributed by atoms with Crippen LogP contribution in [-0.4, -0.2) is 78.1 Å². The van der Waals surface area contributed by atoms with Crippen LogP contribution in [0.15, 0.2) is 48.9 Å². The third-order valence-electron chi connectivity index (χ3n) is 8.63. The van der Waals surface area contributed by atoms with Crippen molar-refractivity contribution in [2.45, 2.75) is 56.8 Å². The molecule has 0 radical (unpaired) electrons. The van der Waals surface area contributed by atoms with E-state index in [1.807, 2.05) is 6.07 Å². The lowest BCUT2D eigenvalue weighted by Gasteiger charge is -2.39. The van der Waals surface area contributed by atoms with Gasteiger partial charge in [-0.1, -0.05) is 6.92 Å². The van der Waals surface area contributed by atoms with Gasteiger partial charge in [0.1, 0.15) is 33.3 Å². The van der Waals surface area contributed by atoms with Crippen molar-refractivity contribution in [1.82, 2.24) is 19.6 Å². The van der Waals surface area contributed by atoms with E-state index in [0.29, 0.717) is 49.6 Å². The summed E-state index contributed by atoms with van der Waals surface area (Å²) in [5.74, 6) is -0.965. The Morgan fingerprint density at radius 2 is 1.87 bits per heavy atom. The molecule has 1 aliphatic heterocycles. The van der Waals surface area contributed by atoms with E-state index in [9.17, 15) is 8.42 Å². The van der Waals surface area contributed by atoms with Gasteiger partial charge in [0, 0.05) is 43.5 Å². The van der Waals surface area contributed by atoms with Crippen molar-refractivity contribution in [2.75, 3.05) is 37.1 Å². The first-order chi connectivity index (χ1) is 22.1. The van der Waals surface area contributed by atoms with Gasteiger partial charge in [0.2, 0.25) is 5.95 Å². The molecule has 3 aromatic heterocycles. The van der Waals surface area contributed by atoms with Crippen LogP contribution in [0.25, 0.3) is 16.8 Å². The molecule has 1 aromatic carbocycles. The minimum atomic E-state index is -3.13. The van der Waals surface area contributed by atoms with Crippen molar-refractivity contribution in [3.63, 3.8) is 0 Å². The highest BCUT2D eigenvalue weighted by Gasteiger charge is 2.36. The standard InChI is InChI=1S/C32H38F2N6O5S/c1-19-13-20(14-27(35)31(19)44-11-12-46(2,41)42)24-5-8-36-18-29(24)38-32-37-17-21-3-4-28(39-40(21)32)30-25(33)15-23(16-26(30)34)45-22-6-9-43-10-7-22/h3-5,8,15-20,22,27,31H,6-7,9-14,35H2,1-2H3,(H,37,38)/t19-,20+,27+,31-/m0/s1. The third kappa shape index (κ3) is 7.30. The molecule has 1 saturated carbocycles. The maximum Gasteiger partial charge on any atom is 0.229 e. The molecule has 46 heavy (non-hydrogen) atoms. The molecule has 6 rings (SSSR count). The first-order valence-electron chi connectivity index (χ1n) is 15.4. The number of imidazole rings is 1. The molecule has 11 nitrogen and oxygen atoms in total. The average molecular weight is 657 g/mol. The highest BCUT2D eigenvalue weighted by molar-refractivity contribution is 7.90. The molecule has 2 aliphatic rings. The number of nitrogens with zero attached hydrogens (tertiary/aromatic N) is 4. The maximum atomic E-state index is 15.3. The van der Waals surface area contributed by atoms with Crippen LogP contribution < -0.4 is 15.8 Å². The number of nitrogens with one attached hydrogen (secondary N) is 1. The predicted octanol–water partition coefficient (Wildman–Crippen LogP) is 4.64. The molecule has 2 fully saturated rings. The van der Waals surface area contributed by atoms with Crippen LogP contribution in [0.4, 0.5) is 20.4 Å². The Morgan fingerprint density at radius 1 is 1.11 bits per heavy atom.